The molecule has 1 N–H and O–H groups in total. The van der Waals surface area contributed by atoms with Gasteiger partial charge in [0.15, 0.2) is 0 Å². The number of nitro benzene ring substituents is 1. The maximum Gasteiger partial charge on any atom is 0.318 e. The van der Waals surface area contributed by atoms with E-state index in [0.29, 0.717) is 5.56 Å². The first-order valence-electron chi connectivity index (χ1n) is 5.67. The van der Waals surface area contributed by atoms with Crippen molar-refractivity contribution in [1.82, 2.24) is 4.31 Å². The van der Waals surface area contributed by atoms with E-state index in [2.05, 4.69) is 0 Å². The summed E-state index contributed by atoms with van der Waals surface area (Å²) < 4.78 is 25.2. The summed E-state index contributed by atoms with van der Waals surface area (Å²) in [7, 11) is -4.07. The first kappa shape index (κ1) is 16.1. The normalized spacial score (nSPS) is 11.6. The van der Waals surface area contributed by atoms with Gasteiger partial charge in [0.05, 0.1) is 9.82 Å². The second-order valence-electron chi connectivity index (χ2n) is 4.03. The van der Waals surface area contributed by atoms with Gasteiger partial charge in [-0.05, 0) is 13.0 Å². The molecule has 0 radical (unpaired) electrons. The zero-order valence-electron chi connectivity index (χ0n) is 10.9. The van der Waals surface area contributed by atoms with Crippen LogP contribution in [0.5, 0.6) is 0 Å². The van der Waals surface area contributed by atoms with Crippen molar-refractivity contribution in [2.45, 2.75) is 18.7 Å². The van der Waals surface area contributed by atoms with Crippen LogP contribution in [0.2, 0.25) is 0 Å². The van der Waals surface area contributed by atoms with Gasteiger partial charge in [0, 0.05) is 18.2 Å². The highest BCUT2D eigenvalue weighted by Gasteiger charge is 2.27. The van der Waals surface area contributed by atoms with Gasteiger partial charge < -0.3 is 5.11 Å². The van der Waals surface area contributed by atoms with E-state index in [0.717, 1.165) is 10.4 Å². The number of rotatable bonds is 6. The predicted octanol–water partition coefficient (Wildman–Crippen LogP) is 0.998. The smallest absolute Gasteiger partial charge is 0.318 e. The van der Waals surface area contributed by atoms with Crippen LogP contribution in [0.25, 0.3) is 0 Å². The monoisotopic (exact) mass is 302 g/mol. The van der Waals surface area contributed by atoms with Gasteiger partial charge >= 0.3 is 5.97 Å². The molecule has 110 valence electrons. The zero-order valence-corrected chi connectivity index (χ0v) is 11.8. The molecule has 20 heavy (non-hydrogen) atoms. The number of carboxylic acid groups (broad SMARTS) is 1. The third-order valence-corrected chi connectivity index (χ3v) is 4.60. The zero-order chi connectivity index (χ0) is 15.5. The molecule has 0 heterocycles. The summed E-state index contributed by atoms with van der Waals surface area (Å²) >= 11 is 0. The molecule has 0 aliphatic carbocycles. The van der Waals surface area contributed by atoms with Gasteiger partial charge in [-0.15, -0.1) is 0 Å². The van der Waals surface area contributed by atoms with Crippen LogP contribution in [0, 0.1) is 17.0 Å². The van der Waals surface area contributed by atoms with Crippen LogP contribution in [0.3, 0.4) is 0 Å². The SMILES string of the molecule is CCN(CC(=O)O)S(=O)(=O)c1ccc(C)c([N+](=O)[O-])c1. The quantitative estimate of drug-likeness (QED) is 0.618. The van der Waals surface area contributed by atoms with Crippen LogP contribution in [-0.2, 0) is 14.8 Å². The van der Waals surface area contributed by atoms with Crippen molar-refractivity contribution < 1.29 is 23.2 Å². The Labute approximate surface area is 115 Å². The van der Waals surface area contributed by atoms with Crippen LogP contribution < -0.4 is 0 Å². The van der Waals surface area contributed by atoms with E-state index < -0.39 is 27.5 Å². The highest BCUT2D eigenvalue weighted by atomic mass is 32.2. The minimum absolute atomic E-state index is 0.0453. The lowest BCUT2D eigenvalue weighted by Gasteiger charge is -2.18. The maximum absolute atomic E-state index is 12.2. The standard InChI is InChI=1S/C11H14N2O6S/c1-3-12(7-11(14)15)20(18,19)9-5-4-8(2)10(6-9)13(16)17/h4-6H,3,7H2,1-2H3,(H,14,15). The number of sulfonamides is 1. The van der Waals surface area contributed by atoms with Crippen LogP contribution >= 0.6 is 0 Å². The maximum atomic E-state index is 12.2. The van der Waals surface area contributed by atoms with Gasteiger partial charge in [0.1, 0.15) is 6.54 Å². The Morgan fingerprint density at radius 1 is 1.45 bits per heavy atom. The third kappa shape index (κ3) is 3.31. The molecule has 1 aromatic rings. The van der Waals surface area contributed by atoms with E-state index in [-0.39, 0.29) is 17.1 Å². The first-order valence-corrected chi connectivity index (χ1v) is 7.11. The summed E-state index contributed by atoms with van der Waals surface area (Å²) in [6.07, 6.45) is 0. The summed E-state index contributed by atoms with van der Waals surface area (Å²) in [4.78, 5) is 20.5. The average molecular weight is 302 g/mol. The minimum Gasteiger partial charge on any atom is -0.480 e. The molecule has 0 amide bonds. The molecule has 1 rings (SSSR count). The Hall–Kier alpha value is -2.00. The third-order valence-electron chi connectivity index (χ3n) is 2.68. The van der Waals surface area contributed by atoms with Crippen LogP contribution in [0.4, 0.5) is 5.69 Å². The lowest BCUT2D eigenvalue weighted by Crippen LogP contribution is -2.35. The number of likely N-dealkylation sites (N-methyl/N-ethyl adjacent to an activating group) is 1. The highest BCUT2D eigenvalue weighted by Crippen LogP contribution is 2.24. The van der Waals surface area contributed by atoms with E-state index in [1.165, 1.54) is 26.0 Å². The van der Waals surface area contributed by atoms with Crippen molar-refractivity contribution in [2.24, 2.45) is 0 Å². The lowest BCUT2D eigenvalue weighted by molar-refractivity contribution is -0.385. The van der Waals surface area contributed by atoms with Crippen molar-refractivity contribution in [3.05, 3.63) is 33.9 Å². The molecule has 9 heteroatoms. The highest BCUT2D eigenvalue weighted by molar-refractivity contribution is 7.89. The van der Waals surface area contributed by atoms with Crippen LogP contribution in [0.15, 0.2) is 23.1 Å². The Morgan fingerprint density at radius 3 is 2.50 bits per heavy atom. The number of benzene rings is 1. The molecule has 0 saturated heterocycles. The van der Waals surface area contributed by atoms with Crippen molar-refractivity contribution in [1.29, 1.82) is 0 Å². The van der Waals surface area contributed by atoms with E-state index >= 15 is 0 Å². The summed E-state index contributed by atoms with van der Waals surface area (Å²) in [5, 5.41) is 19.5. The van der Waals surface area contributed by atoms with Crippen LogP contribution in [0.1, 0.15) is 12.5 Å². The predicted molar refractivity (Wildman–Crippen MR) is 69.9 cm³/mol. The fourth-order valence-corrected chi connectivity index (χ4v) is 3.03. The van der Waals surface area contributed by atoms with Gasteiger partial charge in [-0.1, -0.05) is 13.0 Å². The first-order chi connectivity index (χ1) is 9.20. The second-order valence-corrected chi connectivity index (χ2v) is 5.97. The summed E-state index contributed by atoms with van der Waals surface area (Å²) in [6, 6.07) is 3.48. The van der Waals surface area contributed by atoms with Crippen molar-refractivity contribution in [3.63, 3.8) is 0 Å². The number of nitrogens with zero attached hydrogens (tertiary/aromatic N) is 2. The number of carboxylic acids is 1. The average Bonchev–Trinajstić information content (AvgIpc) is 2.35. The molecular weight excluding hydrogens is 288 g/mol. The van der Waals surface area contributed by atoms with Gasteiger partial charge in [0.2, 0.25) is 10.0 Å². The number of aliphatic carboxylic acids is 1. The Balaban J connectivity index is 3.31. The summed E-state index contributed by atoms with van der Waals surface area (Å²) in [5.41, 5.74) is 0.00712. The number of hydrogen-bond donors (Lipinski definition) is 1. The van der Waals surface area contributed by atoms with Gasteiger partial charge in [-0.3, -0.25) is 14.9 Å². The molecule has 0 atom stereocenters. The Morgan fingerprint density at radius 2 is 2.05 bits per heavy atom. The van der Waals surface area contributed by atoms with Crippen molar-refractivity contribution >= 4 is 21.7 Å². The Bertz CT molecular complexity index is 640. The summed E-state index contributed by atoms with van der Waals surface area (Å²) in [6.45, 7) is 2.24. The van der Waals surface area contributed by atoms with E-state index in [9.17, 15) is 23.3 Å². The topological polar surface area (TPSA) is 118 Å². The molecule has 0 saturated carbocycles. The van der Waals surface area contributed by atoms with Crippen molar-refractivity contribution in [2.75, 3.05) is 13.1 Å². The fraction of sp³-hybridized carbons (Fsp3) is 0.364. The molecule has 8 nitrogen and oxygen atoms in total. The van der Waals surface area contributed by atoms with E-state index in [1.807, 2.05) is 0 Å². The molecule has 0 spiro atoms. The number of aryl methyl sites for hydroxylation is 1. The van der Waals surface area contributed by atoms with Gasteiger partial charge in [-0.2, -0.15) is 4.31 Å². The molecule has 0 aliphatic heterocycles. The van der Waals surface area contributed by atoms with Crippen molar-refractivity contribution in [3.8, 4) is 0 Å². The van der Waals surface area contributed by atoms with E-state index in [4.69, 9.17) is 5.11 Å². The van der Waals surface area contributed by atoms with E-state index in [1.54, 1.807) is 0 Å². The molecule has 0 aromatic heterocycles. The molecular formula is C11H14N2O6S. The molecule has 0 unspecified atom stereocenters. The lowest BCUT2D eigenvalue weighted by atomic mass is 10.2. The van der Waals surface area contributed by atoms with Gasteiger partial charge in [-0.25, -0.2) is 8.42 Å². The van der Waals surface area contributed by atoms with Gasteiger partial charge in [0.25, 0.3) is 5.69 Å². The number of hydrogen-bond acceptors (Lipinski definition) is 5. The summed E-state index contributed by atoms with van der Waals surface area (Å²) in [5.74, 6) is -1.29. The Kier molecular flexibility index (Phi) is 4.79. The molecule has 0 aliphatic rings. The molecule has 0 bridgehead atoms. The fourth-order valence-electron chi connectivity index (χ4n) is 1.61. The van der Waals surface area contributed by atoms with Crippen LogP contribution in [-0.4, -0.2) is 41.8 Å². The molecule has 1 aromatic carbocycles. The number of carbonyl (C=O) groups is 1. The number of nitro groups is 1. The largest absolute Gasteiger partial charge is 0.480 e. The minimum atomic E-state index is -4.07. The second kappa shape index (κ2) is 5.97. The molecule has 0 fully saturated rings.